The zero-order chi connectivity index (χ0) is 29.9. The Labute approximate surface area is 236 Å². The third-order valence-corrected chi connectivity index (χ3v) is 5.25. The summed E-state index contributed by atoms with van der Waals surface area (Å²) in [4.78, 5) is 29.5. The van der Waals surface area contributed by atoms with E-state index in [4.69, 9.17) is 10.5 Å². The van der Waals surface area contributed by atoms with Gasteiger partial charge in [-0.1, -0.05) is 6.07 Å². The largest absolute Gasteiger partial charge is 0.471 e. The molecule has 3 aromatic heterocycles. The highest BCUT2D eigenvalue weighted by Crippen LogP contribution is 2.39. The third-order valence-electron chi connectivity index (χ3n) is 5.25. The van der Waals surface area contributed by atoms with Gasteiger partial charge in [-0.3, -0.25) is 9.97 Å². The summed E-state index contributed by atoms with van der Waals surface area (Å²) in [6, 6.07) is 13.7. The lowest BCUT2D eigenvalue weighted by Gasteiger charge is -2.16. The van der Waals surface area contributed by atoms with Crippen molar-refractivity contribution in [2.75, 3.05) is 33.4 Å². The van der Waals surface area contributed by atoms with Gasteiger partial charge in [0.05, 0.1) is 29.2 Å². The highest BCUT2D eigenvalue weighted by Gasteiger charge is 2.21. The molecule has 41 heavy (non-hydrogen) atoms. The summed E-state index contributed by atoms with van der Waals surface area (Å²) >= 11 is 0. The predicted molar refractivity (Wildman–Crippen MR) is 151 cm³/mol. The topological polar surface area (TPSA) is 119 Å². The first kappa shape index (κ1) is 31.1. The molecule has 3 N–H and O–H groups in total. The van der Waals surface area contributed by atoms with Crippen molar-refractivity contribution in [1.82, 2.24) is 30.2 Å². The van der Waals surface area contributed by atoms with Crippen molar-refractivity contribution in [3.8, 4) is 28.3 Å². The van der Waals surface area contributed by atoms with E-state index in [1.807, 2.05) is 26.0 Å². The van der Waals surface area contributed by atoms with Crippen LogP contribution in [0.2, 0.25) is 0 Å². The summed E-state index contributed by atoms with van der Waals surface area (Å²) in [5.41, 5.74) is 8.61. The molecule has 4 aromatic rings. The number of ether oxygens (including phenoxy) is 1. The number of hydrogen-bond acceptors (Lipinski definition) is 9. The minimum Gasteiger partial charge on any atom is -0.471 e. The molecule has 0 bridgehead atoms. The van der Waals surface area contributed by atoms with Crippen LogP contribution in [0.15, 0.2) is 54.6 Å². The van der Waals surface area contributed by atoms with Gasteiger partial charge in [0, 0.05) is 17.8 Å². The van der Waals surface area contributed by atoms with Crippen molar-refractivity contribution in [2.45, 2.75) is 26.5 Å². The molecule has 0 radical (unpaired) electrons. The molecule has 0 aliphatic carbocycles. The number of nitrogens with zero attached hydrogens (tertiary/aromatic N) is 5. The Morgan fingerprint density at radius 3 is 2.32 bits per heavy atom. The van der Waals surface area contributed by atoms with Crippen molar-refractivity contribution in [1.29, 1.82) is 0 Å². The standard InChI is InChI=1S/C26H23F3N6O2.C3H9N/c1-15-11-17(12-21(32-15)24(28)29)22-23(16-5-7-18(27)8-6-16)34-26(30)35-25(22)37-14-20-4-2-3-19(33-20)13-31-9-10-36;1-4(2)3/h2-8,10-12,24,31H,9,13-14H2,1H3,(H2,30,34,35);1-3H3. The Bertz CT molecular complexity index is 1450. The van der Waals surface area contributed by atoms with Crippen LogP contribution in [0.5, 0.6) is 5.88 Å². The van der Waals surface area contributed by atoms with E-state index in [0.29, 0.717) is 40.3 Å². The number of aldehydes is 1. The molecular weight excluding hydrogens is 535 g/mol. The Kier molecular flexibility index (Phi) is 11.2. The number of nitrogens with two attached hydrogens (primary N) is 1. The molecule has 3 heterocycles. The Morgan fingerprint density at radius 2 is 1.66 bits per heavy atom. The number of rotatable bonds is 10. The van der Waals surface area contributed by atoms with Gasteiger partial charge in [0.15, 0.2) is 0 Å². The van der Waals surface area contributed by atoms with Gasteiger partial charge in [0.2, 0.25) is 11.8 Å². The summed E-state index contributed by atoms with van der Waals surface area (Å²) in [5, 5.41) is 2.94. The van der Waals surface area contributed by atoms with E-state index in [2.05, 4.69) is 25.3 Å². The molecule has 0 unspecified atom stereocenters. The molecule has 12 heteroatoms. The lowest BCUT2D eigenvalue weighted by Crippen LogP contribution is -2.16. The van der Waals surface area contributed by atoms with Gasteiger partial charge in [-0.25, -0.2) is 18.2 Å². The summed E-state index contributed by atoms with van der Waals surface area (Å²) in [6.45, 7) is 2.17. The van der Waals surface area contributed by atoms with Crippen LogP contribution >= 0.6 is 0 Å². The number of nitrogens with one attached hydrogen (secondary N) is 1. The zero-order valence-electron chi connectivity index (χ0n) is 23.2. The fourth-order valence-electron chi connectivity index (χ4n) is 3.70. The Balaban J connectivity index is 0.00000108. The maximum absolute atomic E-state index is 13.6. The van der Waals surface area contributed by atoms with Crippen LogP contribution in [0.25, 0.3) is 22.4 Å². The Hall–Kier alpha value is -4.42. The van der Waals surface area contributed by atoms with Crippen molar-refractivity contribution < 1.29 is 22.7 Å². The predicted octanol–water partition coefficient (Wildman–Crippen LogP) is 4.61. The molecular formula is C29H32F3N7O2. The first-order valence-corrected chi connectivity index (χ1v) is 12.6. The number of benzene rings is 1. The highest BCUT2D eigenvalue weighted by atomic mass is 19.3. The average molecular weight is 568 g/mol. The van der Waals surface area contributed by atoms with Gasteiger partial charge >= 0.3 is 0 Å². The van der Waals surface area contributed by atoms with Crippen LogP contribution in [-0.4, -0.2) is 58.8 Å². The molecule has 9 nitrogen and oxygen atoms in total. The second-order valence-corrected chi connectivity index (χ2v) is 9.39. The molecule has 0 amide bonds. The van der Waals surface area contributed by atoms with Gasteiger partial charge in [-0.15, -0.1) is 0 Å². The number of anilines is 1. The first-order chi connectivity index (χ1) is 19.6. The number of pyridine rings is 2. The molecule has 0 aliphatic heterocycles. The lowest BCUT2D eigenvalue weighted by molar-refractivity contribution is -0.107. The van der Waals surface area contributed by atoms with E-state index < -0.39 is 17.9 Å². The first-order valence-electron chi connectivity index (χ1n) is 12.6. The van der Waals surface area contributed by atoms with Gasteiger partial charge in [-0.05, 0) is 82.2 Å². The number of hydrogen-bond donors (Lipinski definition) is 2. The Morgan fingerprint density at radius 1 is 0.976 bits per heavy atom. The van der Waals surface area contributed by atoms with Gasteiger partial charge in [0.1, 0.15) is 24.4 Å². The van der Waals surface area contributed by atoms with E-state index in [9.17, 15) is 18.0 Å². The van der Waals surface area contributed by atoms with Gasteiger partial charge < -0.3 is 25.5 Å². The maximum Gasteiger partial charge on any atom is 0.280 e. The van der Waals surface area contributed by atoms with Crippen molar-refractivity contribution in [3.05, 3.63) is 83.2 Å². The number of aryl methyl sites for hydroxylation is 1. The SMILES string of the molecule is CN(C)C.Cc1cc(-c2c(OCc3cccc(CNCC=O)n3)nc(N)nc2-c2ccc(F)cc2)cc(C(F)F)n1. The lowest BCUT2D eigenvalue weighted by atomic mass is 9.99. The molecule has 216 valence electrons. The number of carbonyl (C=O) groups excluding carboxylic acids is 1. The quantitative estimate of drug-likeness (QED) is 0.209. The van der Waals surface area contributed by atoms with Crippen LogP contribution in [0.1, 0.15) is 29.2 Å². The average Bonchev–Trinajstić information content (AvgIpc) is 2.91. The fraction of sp³-hybridized carbons (Fsp3) is 0.276. The highest BCUT2D eigenvalue weighted by molar-refractivity contribution is 5.85. The van der Waals surface area contributed by atoms with Crippen LogP contribution in [0, 0.1) is 12.7 Å². The van der Waals surface area contributed by atoms with E-state index in [1.165, 1.54) is 30.3 Å². The molecule has 0 aliphatic rings. The van der Waals surface area contributed by atoms with E-state index >= 15 is 0 Å². The number of nitrogen functional groups attached to an aromatic ring is 1. The van der Waals surface area contributed by atoms with Crippen LogP contribution in [-0.2, 0) is 17.9 Å². The van der Waals surface area contributed by atoms with E-state index in [0.717, 1.165) is 6.29 Å². The van der Waals surface area contributed by atoms with Gasteiger partial charge in [0.25, 0.3) is 6.43 Å². The second kappa shape index (κ2) is 14.8. The third kappa shape index (κ3) is 9.33. The van der Waals surface area contributed by atoms with Crippen LogP contribution < -0.4 is 15.8 Å². The number of aromatic nitrogens is 4. The summed E-state index contributed by atoms with van der Waals surface area (Å²) in [5.74, 6) is -0.515. The summed E-state index contributed by atoms with van der Waals surface area (Å²) < 4.78 is 46.8. The number of carbonyl (C=O) groups is 1. The summed E-state index contributed by atoms with van der Waals surface area (Å²) in [7, 11) is 6.00. The minimum atomic E-state index is -2.80. The molecule has 0 saturated heterocycles. The fourth-order valence-corrected chi connectivity index (χ4v) is 3.70. The molecule has 4 rings (SSSR count). The normalized spacial score (nSPS) is 10.9. The molecule has 0 saturated carbocycles. The van der Waals surface area contributed by atoms with E-state index in [-0.39, 0.29) is 30.7 Å². The van der Waals surface area contributed by atoms with Crippen LogP contribution in [0.4, 0.5) is 19.1 Å². The van der Waals surface area contributed by atoms with Crippen LogP contribution in [0.3, 0.4) is 0 Å². The molecule has 0 spiro atoms. The monoisotopic (exact) mass is 567 g/mol. The van der Waals surface area contributed by atoms with Crippen molar-refractivity contribution >= 4 is 12.2 Å². The molecule has 1 aromatic carbocycles. The second-order valence-electron chi connectivity index (χ2n) is 9.39. The number of halogens is 3. The number of alkyl halides is 2. The molecule has 0 atom stereocenters. The summed E-state index contributed by atoms with van der Waals surface area (Å²) in [6.07, 6.45) is -2.04. The van der Waals surface area contributed by atoms with Crippen molar-refractivity contribution in [3.63, 3.8) is 0 Å². The van der Waals surface area contributed by atoms with Crippen molar-refractivity contribution in [2.24, 2.45) is 0 Å². The maximum atomic E-state index is 13.6. The smallest absolute Gasteiger partial charge is 0.280 e. The van der Waals surface area contributed by atoms with Gasteiger partial charge in [-0.2, -0.15) is 4.98 Å². The minimum absolute atomic E-state index is 0.0143. The van der Waals surface area contributed by atoms with E-state index in [1.54, 1.807) is 31.2 Å². The zero-order valence-corrected chi connectivity index (χ0v) is 23.2. The molecule has 0 fully saturated rings.